The number of fused-ring (bicyclic) bond motifs is 3. The van der Waals surface area contributed by atoms with Crippen molar-refractivity contribution in [2.45, 2.75) is 31.8 Å². The molecule has 2 aromatic carbocycles. The lowest BCUT2D eigenvalue weighted by molar-refractivity contribution is -0.143. The highest BCUT2D eigenvalue weighted by Crippen LogP contribution is 2.44. The lowest BCUT2D eigenvalue weighted by atomic mass is 9.98. The highest BCUT2D eigenvalue weighted by Gasteiger charge is 2.31. The minimum absolute atomic E-state index is 0.0995. The topological polar surface area (TPSA) is 114 Å². The first-order chi connectivity index (χ1) is 15.3. The van der Waals surface area contributed by atoms with Gasteiger partial charge in [-0.3, -0.25) is 4.79 Å². The average molecular weight is 440 g/mol. The van der Waals surface area contributed by atoms with Crippen LogP contribution in [-0.4, -0.2) is 55.5 Å². The first-order valence-electron chi connectivity index (χ1n) is 10.5. The molecule has 3 rings (SSSR count). The smallest absolute Gasteiger partial charge is 0.407 e. The number of alkyl carbamates (subject to hydrolysis) is 1. The van der Waals surface area contributed by atoms with Gasteiger partial charge in [-0.25, -0.2) is 9.59 Å². The predicted molar refractivity (Wildman–Crippen MR) is 118 cm³/mol. The van der Waals surface area contributed by atoms with Crippen molar-refractivity contribution < 1.29 is 29.0 Å². The number of carbonyl (C=O) groups is 3. The number of hydrogen-bond donors (Lipinski definition) is 3. The van der Waals surface area contributed by atoms with Crippen LogP contribution in [0.5, 0.6) is 0 Å². The van der Waals surface area contributed by atoms with Crippen LogP contribution in [0.15, 0.2) is 48.5 Å². The highest BCUT2D eigenvalue weighted by atomic mass is 16.5. The van der Waals surface area contributed by atoms with Crippen molar-refractivity contribution in [1.29, 1.82) is 0 Å². The van der Waals surface area contributed by atoms with Gasteiger partial charge in [0.15, 0.2) is 6.04 Å². The summed E-state index contributed by atoms with van der Waals surface area (Å²) in [6.07, 6.45) is -0.737. The van der Waals surface area contributed by atoms with Gasteiger partial charge in [-0.2, -0.15) is 0 Å². The van der Waals surface area contributed by atoms with Gasteiger partial charge in [0.25, 0.3) is 0 Å². The summed E-state index contributed by atoms with van der Waals surface area (Å²) < 4.78 is 10.3. The molecule has 0 heterocycles. The van der Waals surface area contributed by atoms with E-state index in [0.29, 0.717) is 0 Å². The summed E-state index contributed by atoms with van der Waals surface area (Å²) in [6, 6.07) is 13.8. The number of carboxylic acid groups (broad SMARTS) is 1. The van der Waals surface area contributed by atoms with E-state index in [2.05, 4.69) is 10.6 Å². The van der Waals surface area contributed by atoms with Crippen LogP contribution in [0.1, 0.15) is 30.9 Å². The summed E-state index contributed by atoms with van der Waals surface area (Å²) in [5.74, 6) is -2.22. The van der Waals surface area contributed by atoms with Gasteiger partial charge in [0.1, 0.15) is 12.6 Å². The normalized spacial score (nSPS) is 14.2. The predicted octanol–water partition coefficient (Wildman–Crippen LogP) is 2.77. The van der Waals surface area contributed by atoms with Gasteiger partial charge < -0.3 is 25.2 Å². The van der Waals surface area contributed by atoms with Gasteiger partial charge in [0.05, 0.1) is 6.61 Å². The lowest BCUT2D eigenvalue weighted by Gasteiger charge is -2.24. The van der Waals surface area contributed by atoms with E-state index in [4.69, 9.17) is 9.47 Å². The number of methoxy groups -OCH3 is 1. The highest BCUT2D eigenvalue weighted by molar-refractivity contribution is 5.89. The molecule has 1 aliphatic rings. The molecular formula is C24H28N2O6. The molecule has 32 heavy (non-hydrogen) atoms. The third-order valence-electron chi connectivity index (χ3n) is 5.51. The van der Waals surface area contributed by atoms with Gasteiger partial charge in [-0.15, -0.1) is 0 Å². The summed E-state index contributed by atoms with van der Waals surface area (Å²) in [7, 11) is 1.34. The summed E-state index contributed by atoms with van der Waals surface area (Å²) in [5.41, 5.74) is 4.41. The second-order valence-corrected chi connectivity index (χ2v) is 8.05. The molecule has 0 bridgehead atoms. The van der Waals surface area contributed by atoms with Gasteiger partial charge in [0.2, 0.25) is 5.91 Å². The Hall–Kier alpha value is -3.39. The van der Waals surface area contributed by atoms with Crippen LogP contribution in [-0.2, 0) is 19.1 Å². The Balaban J connectivity index is 1.65. The monoisotopic (exact) mass is 440 g/mol. The molecule has 1 aliphatic carbocycles. The Bertz CT molecular complexity index is 944. The quantitative estimate of drug-likeness (QED) is 0.553. The third-order valence-corrected chi connectivity index (χ3v) is 5.51. The van der Waals surface area contributed by atoms with E-state index in [1.54, 1.807) is 13.8 Å². The minimum Gasteiger partial charge on any atom is -0.480 e. The van der Waals surface area contributed by atoms with Crippen LogP contribution in [0.2, 0.25) is 0 Å². The SMILES string of the molecule is COCC(NC(=O)[C@H](NC(=O)OCC1c2ccccc2-c2ccccc21)C(C)C)C(=O)O. The van der Waals surface area contributed by atoms with Crippen molar-refractivity contribution in [2.24, 2.45) is 5.92 Å². The van der Waals surface area contributed by atoms with Gasteiger partial charge in [-0.1, -0.05) is 62.4 Å². The van der Waals surface area contributed by atoms with Crippen molar-refractivity contribution in [3.63, 3.8) is 0 Å². The zero-order chi connectivity index (χ0) is 23.3. The van der Waals surface area contributed by atoms with E-state index in [9.17, 15) is 19.5 Å². The second-order valence-electron chi connectivity index (χ2n) is 8.05. The Morgan fingerprint density at radius 3 is 2.03 bits per heavy atom. The average Bonchev–Trinajstić information content (AvgIpc) is 3.09. The van der Waals surface area contributed by atoms with Gasteiger partial charge in [0, 0.05) is 13.0 Å². The molecule has 8 nitrogen and oxygen atoms in total. The molecule has 3 N–H and O–H groups in total. The van der Waals surface area contributed by atoms with E-state index < -0.39 is 30.1 Å². The number of hydrogen-bond acceptors (Lipinski definition) is 5. The Morgan fingerprint density at radius 1 is 0.969 bits per heavy atom. The number of nitrogens with one attached hydrogen (secondary N) is 2. The van der Waals surface area contributed by atoms with E-state index >= 15 is 0 Å². The van der Waals surface area contributed by atoms with E-state index in [1.807, 2.05) is 48.5 Å². The van der Waals surface area contributed by atoms with Crippen LogP contribution in [0.4, 0.5) is 4.79 Å². The van der Waals surface area contributed by atoms with Crippen molar-refractivity contribution >= 4 is 18.0 Å². The van der Waals surface area contributed by atoms with E-state index in [1.165, 1.54) is 7.11 Å². The second kappa shape index (κ2) is 10.3. The van der Waals surface area contributed by atoms with Gasteiger partial charge in [-0.05, 0) is 28.2 Å². The molecule has 0 radical (unpaired) electrons. The zero-order valence-corrected chi connectivity index (χ0v) is 18.3. The Labute approximate surface area is 186 Å². The molecule has 0 saturated carbocycles. The first kappa shape index (κ1) is 23.3. The largest absolute Gasteiger partial charge is 0.480 e. The molecule has 0 aliphatic heterocycles. The van der Waals surface area contributed by atoms with Crippen molar-refractivity contribution in [2.75, 3.05) is 20.3 Å². The fourth-order valence-corrected chi connectivity index (χ4v) is 3.90. The summed E-state index contributed by atoms with van der Waals surface area (Å²) in [6.45, 7) is 3.44. The van der Waals surface area contributed by atoms with E-state index in [0.717, 1.165) is 22.3 Å². The van der Waals surface area contributed by atoms with Crippen LogP contribution >= 0.6 is 0 Å². The molecule has 2 amide bonds. The van der Waals surface area contributed by atoms with Crippen LogP contribution in [0.25, 0.3) is 11.1 Å². The zero-order valence-electron chi connectivity index (χ0n) is 18.3. The molecule has 170 valence electrons. The maximum atomic E-state index is 12.6. The molecule has 2 aromatic rings. The Morgan fingerprint density at radius 2 is 1.53 bits per heavy atom. The number of carboxylic acids is 1. The van der Waals surface area contributed by atoms with Crippen molar-refractivity contribution in [3.05, 3.63) is 59.7 Å². The van der Waals surface area contributed by atoms with Gasteiger partial charge >= 0.3 is 12.1 Å². The standard InChI is InChI=1S/C24H28N2O6/c1-14(2)21(22(27)25-20(13-31-3)23(28)29)26-24(30)32-12-19-17-10-6-4-8-15(17)16-9-5-7-11-18(16)19/h4-11,14,19-21H,12-13H2,1-3H3,(H,25,27)(H,26,30)(H,28,29)/t20?,21-/m1/s1. The summed E-state index contributed by atoms with van der Waals surface area (Å²) >= 11 is 0. The lowest BCUT2D eigenvalue weighted by Crippen LogP contribution is -2.54. The minimum atomic E-state index is -1.22. The number of rotatable bonds is 9. The molecule has 0 spiro atoms. The molecule has 2 atom stereocenters. The number of aliphatic carboxylic acids is 1. The number of ether oxygens (including phenoxy) is 2. The molecule has 0 saturated heterocycles. The van der Waals surface area contributed by atoms with E-state index in [-0.39, 0.29) is 25.0 Å². The fraction of sp³-hybridized carbons (Fsp3) is 0.375. The summed E-state index contributed by atoms with van der Waals surface area (Å²) in [5, 5.41) is 14.2. The fourth-order valence-electron chi connectivity index (χ4n) is 3.90. The maximum Gasteiger partial charge on any atom is 0.407 e. The number of benzene rings is 2. The molecule has 0 fully saturated rings. The first-order valence-corrected chi connectivity index (χ1v) is 10.5. The van der Waals surface area contributed by atoms with Crippen LogP contribution in [0, 0.1) is 5.92 Å². The third kappa shape index (κ3) is 5.08. The maximum absolute atomic E-state index is 12.6. The van der Waals surface area contributed by atoms with Crippen molar-refractivity contribution in [3.8, 4) is 11.1 Å². The van der Waals surface area contributed by atoms with Crippen LogP contribution in [0.3, 0.4) is 0 Å². The number of carbonyl (C=O) groups excluding carboxylic acids is 2. The molecule has 8 heteroatoms. The van der Waals surface area contributed by atoms with Crippen LogP contribution < -0.4 is 10.6 Å². The summed E-state index contributed by atoms with van der Waals surface area (Å²) in [4.78, 5) is 36.4. The number of amides is 2. The molecule has 0 aromatic heterocycles. The van der Waals surface area contributed by atoms with Crippen molar-refractivity contribution in [1.82, 2.24) is 10.6 Å². The molecule has 1 unspecified atom stereocenters. The molecular weight excluding hydrogens is 412 g/mol. The Kier molecular flexibility index (Phi) is 7.48.